The Morgan fingerprint density at radius 3 is 1.86 bits per heavy atom. The van der Waals surface area contributed by atoms with Crippen LogP contribution < -0.4 is 16.0 Å². The van der Waals surface area contributed by atoms with Crippen LogP contribution in [-0.4, -0.2) is 77.1 Å². The summed E-state index contributed by atoms with van der Waals surface area (Å²) < 4.78 is 0. The first-order chi connectivity index (χ1) is 21.3. The number of hydrogen-bond donors (Lipinski definition) is 3. The Kier molecular flexibility index (Phi) is 12.6. The van der Waals surface area contributed by atoms with Crippen molar-refractivity contribution in [1.29, 1.82) is 0 Å². The quantitative estimate of drug-likeness (QED) is 0.274. The van der Waals surface area contributed by atoms with Crippen molar-refractivity contribution in [3.8, 4) is 11.3 Å². The second-order valence-corrected chi connectivity index (χ2v) is 11.3. The van der Waals surface area contributed by atoms with Crippen molar-refractivity contribution in [2.75, 3.05) is 52.4 Å². The zero-order valence-electron chi connectivity index (χ0n) is 25.3. The average Bonchev–Trinajstić information content (AvgIpc) is 3.04. The van der Waals surface area contributed by atoms with Crippen LogP contribution in [0.3, 0.4) is 0 Å². The van der Waals surface area contributed by atoms with Crippen LogP contribution in [0.4, 0.5) is 0 Å². The summed E-state index contributed by atoms with van der Waals surface area (Å²) >= 11 is 0. The molecular formula is C35H46N8. The third-order valence-corrected chi connectivity index (χ3v) is 7.73. The van der Waals surface area contributed by atoms with Crippen molar-refractivity contribution in [3.63, 3.8) is 0 Å². The number of rotatable bonds is 9. The number of aromatic nitrogens is 3. The maximum absolute atomic E-state index is 4.85. The van der Waals surface area contributed by atoms with Gasteiger partial charge in [-0.1, -0.05) is 42.5 Å². The molecule has 0 amide bonds. The van der Waals surface area contributed by atoms with Crippen LogP contribution in [0.5, 0.6) is 0 Å². The third-order valence-electron chi connectivity index (χ3n) is 7.73. The fourth-order valence-corrected chi connectivity index (χ4v) is 5.42. The van der Waals surface area contributed by atoms with E-state index in [9.17, 15) is 0 Å². The van der Waals surface area contributed by atoms with Crippen LogP contribution >= 0.6 is 0 Å². The molecule has 4 aromatic rings. The van der Waals surface area contributed by atoms with Gasteiger partial charge in [0.05, 0.1) is 17.1 Å². The van der Waals surface area contributed by atoms with Crippen LogP contribution in [0.1, 0.15) is 35.4 Å². The largest absolute Gasteiger partial charge is 0.315 e. The van der Waals surface area contributed by atoms with Crippen molar-refractivity contribution in [2.45, 2.75) is 39.0 Å². The van der Waals surface area contributed by atoms with E-state index in [1.807, 2.05) is 42.9 Å². The van der Waals surface area contributed by atoms with Crippen LogP contribution in [0.25, 0.3) is 11.3 Å². The molecule has 1 aliphatic rings. The van der Waals surface area contributed by atoms with Gasteiger partial charge in [0, 0.05) is 76.5 Å². The maximum atomic E-state index is 4.85. The van der Waals surface area contributed by atoms with Gasteiger partial charge in [-0.15, -0.1) is 0 Å². The summed E-state index contributed by atoms with van der Waals surface area (Å²) in [4.78, 5) is 18.9. The molecule has 0 atom stereocenters. The minimum Gasteiger partial charge on any atom is -0.315 e. The van der Waals surface area contributed by atoms with E-state index in [0.717, 1.165) is 108 Å². The molecular weight excluding hydrogens is 532 g/mol. The highest BCUT2D eigenvalue weighted by atomic mass is 15.1. The van der Waals surface area contributed by atoms with Gasteiger partial charge in [-0.2, -0.15) is 0 Å². The van der Waals surface area contributed by atoms with Gasteiger partial charge in [0.2, 0.25) is 0 Å². The van der Waals surface area contributed by atoms with E-state index in [0.29, 0.717) is 0 Å². The highest BCUT2D eigenvalue weighted by Crippen LogP contribution is 2.20. The molecule has 8 heteroatoms. The lowest BCUT2D eigenvalue weighted by atomic mass is 10.1. The summed E-state index contributed by atoms with van der Waals surface area (Å²) in [6, 6.07) is 25.4. The highest BCUT2D eigenvalue weighted by Gasteiger charge is 2.11. The van der Waals surface area contributed by atoms with E-state index in [-0.39, 0.29) is 0 Å². The van der Waals surface area contributed by atoms with Gasteiger partial charge >= 0.3 is 0 Å². The third kappa shape index (κ3) is 10.9. The minimum atomic E-state index is 0.752. The molecule has 43 heavy (non-hydrogen) atoms. The molecule has 1 fully saturated rings. The number of pyridine rings is 3. The van der Waals surface area contributed by atoms with Crippen molar-refractivity contribution < 1.29 is 0 Å². The lowest BCUT2D eigenvalue weighted by Gasteiger charge is -2.23. The van der Waals surface area contributed by atoms with Gasteiger partial charge < -0.3 is 16.0 Å². The van der Waals surface area contributed by atoms with Crippen molar-refractivity contribution in [1.82, 2.24) is 40.7 Å². The van der Waals surface area contributed by atoms with Gasteiger partial charge in [-0.05, 0) is 80.5 Å². The highest BCUT2D eigenvalue weighted by molar-refractivity contribution is 5.59. The smallest absolute Gasteiger partial charge is 0.0702 e. The Morgan fingerprint density at radius 2 is 1.23 bits per heavy atom. The van der Waals surface area contributed by atoms with Gasteiger partial charge in [-0.25, -0.2) is 0 Å². The molecule has 3 N–H and O–H groups in total. The molecule has 4 heterocycles. The molecule has 0 aliphatic carbocycles. The SMILES string of the molecule is c1ccc(CN(Cc2ccc(-c3ccc(CN4CCCNCCNCCCNCC4)cc3)nc2)Cc2ccccn2)nc1. The molecule has 1 aromatic carbocycles. The van der Waals surface area contributed by atoms with Gasteiger partial charge in [0.15, 0.2) is 0 Å². The second-order valence-electron chi connectivity index (χ2n) is 11.3. The summed E-state index contributed by atoms with van der Waals surface area (Å²) in [7, 11) is 0. The van der Waals surface area contributed by atoms with Crippen LogP contribution in [0.15, 0.2) is 91.4 Å². The Bertz CT molecular complexity index is 1240. The molecule has 0 spiro atoms. The lowest BCUT2D eigenvalue weighted by molar-refractivity contribution is 0.241. The van der Waals surface area contributed by atoms with E-state index in [2.05, 4.69) is 84.2 Å². The maximum Gasteiger partial charge on any atom is 0.0702 e. The summed E-state index contributed by atoms with van der Waals surface area (Å²) in [6.07, 6.45) is 8.04. The van der Waals surface area contributed by atoms with E-state index in [4.69, 9.17) is 4.98 Å². The second kappa shape index (κ2) is 17.6. The molecule has 1 saturated heterocycles. The summed E-state index contributed by atoms with van der Waals surface area (Å²) in [5.74, 6) is 0. The molecule has 1 aliphatic heterocycles. The van der Waals surface area contributed by atoms with Gasteiger partial charge in [-0.3, -0.25) is 24.8 Å². The Morgan fingerprint density at radius 1 is 0.581 bits per heavy atom. The number of nitrogens with one attached hydrogen (secondary N) is 3. The number of hydrogen-bond acceptors (Lipinski definition) is 8. The van der Waals surface area contributed by atoms with Crippen molar-refractivity contribution >= 4 is 0 Å². The lowest BCUT2D eigenvalue weighted by Crippen LogP contribution is -2.36. The standard InChI is InChI=1S/C35H46N8/c1-3-18-39-33(7-1)28-43(29-34-8-2-4-19-40-34)27-31-11-14-35(41-25-31)32-12-9-30(10-13-32)26-42-23-6-17-37-21-20-36-15-5-16-38-22-24-42/h1-4,7-14,18-19,25,36-38H,5-6,15-17,20-24,26-29H2. The van der Waals surface area contributed by atoms with Crippen LogP contribution in [0, 0.1) is 0 Å². The molecule has 226 valence electrons. The van der Waals surface area contributed by atoms with E-state index in [1.165, 1.54) is 17.5 Å². The van der Waals surface area contributed by atoms with Gasteiger partial charge in [0.25, 0.3) is 0 Å². The van der Waals surface area contributed by atoms with E-state index in [1.54, 1.807) is 0 Å². The van der Waals surface area contributed by atoms with E-state index < -0.39 is 0 Å². The van der Waals surface area contributed by atoms with E-state index >= 15 is 0 Å². The minimum absolute atomic E-state index is 0.752. The topological polar surface area (TPSA) is 81.2 Å². The van der Waals surface area contributed by atoms with Crippen molar-refractivity contribution in [2.24, 2.45) is 0 Å². The number of benzene rings is 1. The Labute approximate surface area is 257 Å². The molecule has 0 radical (unpaired) electrons. The summed E-state index contributed by atoms with van der Waals surface area (Å²) in [6.45, 7) is 11.8. The average molecular weight is 579 g/mol. The van der Waals surface area contributed by atoms with Crippen molar-refractivity contribution in [3.05, 3.63) is 114 Å². The first-order valence-electron chi connectivity index (χ1n) is 15.7. The fourth-order valence-electron chi connectivity index (χ4n) is 5.42. The summed E-state index contributed by atoms with van der Waals surface area (Å²) in [5.41, 5.74) is 6.76. The first kappa shape index (κ1) is 30.9. The molecule has 5 rings (SSSR count). The zero-order chi connectivity index (χ0) is 29.4. The molecule has 8 nitrogen and oxygen atoms in total. The monoisotopic (exact) mass is 578 g/mol. The van der Waals surface area contributed by atoms with Gasteiger partial charge in [0.1, 0.15) is 0 Å². The zero-order valence-corrected chi connectivity index (χ0v) is 25.3. The molecule has 0 unspecified atom stereocenters. The predicted molar refractivity (Wildman–Crippen MR) is 174 cm³/mol. The molecule has 0 bridgehead atoms. The normalized spacial score (nSPS) is 16.1. The Hall–Kier alpha value is -3.53. The number of nitrogens with zero attached hydrogens (tertiary/aromatic N) is 5. The Balaban J connectivity index is 1.17. The fraction of sp³-hybridized carbons (Fsp3) is 0.400. The molecule has 3 aromatic heterocycles. The first-order valence-corrected chi connectivity index (χ1v) is 15.7. The van der Waals surface area contributed by atoms with Crippen LogP contribution in [0.2, 0.25) is 0 Å². The van der Waals surface area contributed by atoms with Crippen LogP contribution in [-0.2, 0) is 26.2 Å². The predicted octanol–water partition coefficient (Wildman–Crippen LogP) is 4.11. The molecule has 0 saturated carbocycles. The summed E-state index contributed by atoms with van der Waals surface area (Å²) in [5, 5.41) is 10.7.